The molecule has 2 aromatic carbocycles. The number of benzene rings is 2. The van der Waals surface area contributed by atoms with Crippen LogP contribution in [0.2, 0.25) is 0 Å². The number of carboxylic acid groups (broad SMARTS) is 1. The largest absolute Gasteiger partial charge is 0.501 e. The number of hydrogen-bond acceptors (Lipinski definition) is 6. The maximum absolute atomic E-state index is 12.5. The Morgan fingerprint density at radius 2 is 1.82 bits per heavy atom. The minimum absolute atomic E-state index is 0.0324. The van der Waals surface area contributed by atoms with Crippen LogP contribution in [-0.4, -0.2) is 56.2 Å². The predicted molar refractivity (Wildman–Crippen MR) is 126 cm³/mol. The average molecular weight is 463 g/mol. The number of nitrogens with zero attached hydrogens (tertiary/aromatic N) is 2. The number of aromatic carboxylic acids is 1. The fraction of sp³-hybridized carbons (Fsp3) is 0.250. The van der Waals surface area contributed by atoms with Crippen LogP contribution in [0.4, 0.5) is 10.5 Å². The zero-order chi connectivity index (χ0) is 24.1. The van der Waals surface area contributed by atoms with Gasteiger partial charge in [0.05, 0.1) is 0 Å². The number of aromatic hydroxyl groups is 1. The third-order valence-electron chi connectivity index (χ3n) is 5.66. The number of anilines is 1. The number of carbonyl (C=O) groups is 2. The van der Waals surface area contributed by atoms with Crippen LogP contribution < -0.4 is 16.2 Å². The highest BCUT2D eigenvalue weighted by atomic mass is 16.4. The second kappa shape index (κ2) is 10.2. The summed E-state index contributed by atoms with van der Waals surface area (Å²) in [5.74, 6) is -2.51. The molecule has 4 rings (SSSR count). The SMILES string of the molecule is O=C(Nc1cccc(-c2nc(C(=O)O)c(O)c(=O)[nH]2)c1)NC1CCN(Cc2ccccc2)CC1. The molecule has 0 bridgehead atoms. The van der Waals surface area contributed by atoms with E-state index in [0.717, 1.165) is 32.5 Å². The van der Waals surface area contributed by atoms with E-state index in [4.69, 9.17) is 5.11 Å². The summed E-state index contributed by atoms with van der Waals surface area (Å²) in [6.07, 6.45) is 1.69. The third kappa shape index (κ3) is 5.59. The number of urea groups is 1. The van der Waals surface area contributed by atoms with Crippen molar-refractivity contribution in [3.63, 3.8) is 0 Å². The summed E-state index contributed by atoms with van der Waals surface area (Å²) in [5.41, 5.74) is 0.396. The first-order chi connectivity index (χ1) is 16.4. The molecule has 3 aromatic rings. The average Bonchev–Trinajstić information content (AvgIpc) is 2.82. The van der Waals surface area contributed by atoms with Crippen LogP contribution in [0.1, 0.15) is 28.9 Å². The van der Waals surface area contributed by atoms with Crippen molar-refractivity contribution in [3.8, 4) is 17.1 Å². The molecular formula is C24H25N5O5. The van der Waals surface area contributed by atoms with Crippen LogP contribution in [0, 0.1) is 0 Å². The van der Waals surface area contributed by atoms with E-state index in [2.05, 4.69) is 37.6 Å². The topological polar surface area (TPSA) is 148 Å². The van der Waals surface area contributed by atoms with Crippen LogP contribution in [0.25, 0.3) is 11.4 Å². The van der Waals surface area contributed by atoms with E-state index in [1.807, 2.05) is 18.2 Å². The van der Waals surface area contributed by atoms with Gasteiger partial charge in [0.15, 0.2) is 5.69 Å². The predicted octanol–water partition coefficient (Wildman–Crippen LogP) is 2.63. The highest BCUT2D eigenvalue weighted by Gasteiger charge is 2.21. The molecule has 2 heterocycles. The van der Waals surface area contributed by atoms with E-state index >= 15 is 0 Å². The van der Waals surface area contributed by atoms with E-state index in [1.54, 1.807) is 24.3 Å². The second-order valence-electron chi connectivity index (χ2n) is 8.13. The Morgan fingerprint density at radius 1 is 1.09 bits per heavy atom. The maximum Gasteiger partial charge on any atom is 0.358 e. The lowest BCUT2D eigenvalue weighted by Crippen LogP contribution is -2.45. The number of rotatable bonds is 6. The molecule has 0 unspecified atom stereocenters. The summed E-state index contributed by atoms with van der Waals surface area (Å²) in [7, 11) is 0. The highest BCUT2D eigenvalue weighted by Crippen LogP contribution is 2.21. The summed E-state index contributed by atoms with van der Waals surface area (Å²) in [6, 6.07) is 16.5. The zero-order valence-corrected chi connectivity index (χ0v) is 18.3. The molecule has 0 radical (unpaired) electrons. The molecule has 1 fully saturated rings. The van der Waals surface area contributed by atoms with Crippen molar-refractivity contribution < 1.29 is 19.8 Å². The number of carbonyl (C=O) groups excluding carboxylic acids is 1. The highest BCUT2D eigenvalue weighted by molar-refractivity contribution is 5.90. The molecule has 1 aliphatic rings. The number of piperidine rings is 1. The van der Waals surface area contributed by atoms with Gasteiger partial charge in [-0.05, 0) is 30.5 Å². The second-order valence-corrected chi connectivity index (χ2v) is 8.13. The van der Waals surface area contributed by atoms with Crippen molar-refractivity contribution in [1.82, 2.24) is 20.2 Å². The molecule has 0 atom stereocenters. The Kier molecular flexibility index (Phi) is 6.88. The van der Waals surface area contributed by atoms with E-state index in [1.165, 1.54) is 5.56 Å². The molecule has 1 aliphatic heterocycles. The van der Waals surface area contributed by atoms with Gasteiger partial charge in [-0.1, -0.05) is 42.5 Å². The van der Waals surface area contributed by atoms with Gasteiger partial charge in [0.25, 0.3) is 5.56 Å². The third-order valence-corrected chi connectivity index (χ3v) is 5.66. The van der Waals surface area contributed by atoms with Crippen molar-refractivity contribution >= 4 is 17.7 Å². The van der Waals surface area contributed by atoms with Gasteiger partial charge in [-0.15, -0.1) is 0 Å². The van der Waals surface area contributed by atoms with Crippen LogP contribution >= 0.6 is 0 Å². The molecule has 5 N–H and O–H groups in total. The first-order valence-corrected chi connectivity index (χ1v) is 10.9. The number of hydrogen-bond donors (Lipinski definition) is 5. The number of amides is 2. The molecular weight excluding hydrogens is 438 g/mol. The van der Waals surface area contributed by atoms with Crippen molar-refractivity contribution in [2.24, 2.45) is 0 Å². The Bertz CT molecular complexity index is 1240. The van der Waals surface area contributed by atoms with Crippen molar-refractivity contribution in [3.05, 3.63) is 76.2 Å². The first kappa shape index (κ1) is 23.0. The van der Waals surface area contributed by atoms with Gasteiger partial charge in [-0.3, -0.25) is 9.69 Å². The Morgan fingerprint density at radius 3 is 2.53 bits per heavy atom. The van der Waals surface area contributed by atoms with Crippen LogP contribution in [-0.2, 0) is 6.54 Å². The summed E-state index contributed by atoms with van der Waals surface area (Å²) in [5, 5.41) is 24.5. The van der Waals surface area contributed by atoms with Crippen molar-refractivity contribution in [1.29, 1.82) is 0 Å². The summed E-state index contributed by atoms with van der Waals surface area (Å²) in [6.45, 7) is 2.67. The number of H-pyrrole nitrogens is 1. The molecule has 1 aromatic heterocycles. The fourth-order valence-electron chi connectivity index (χ4n) is 3.93. The van der Waals surface area contributed by atoms with Crippen LogP contribution in [0.15, 0.2) is 59.4 Å². The number of aromatic nitrogens is 2. The standard InChI is InChI=1S/C24H25N5O5/c30-20-19(23(32)33)27-21(28-22(20)31)16-7-4-8-18(13-16)26-24(34)25-17-9-11-29(12-10-17)14-15-5-2-1-3-6-15/h1-8,13,17,30H,9-12,14H2,(H,32,33)(H2,25,26,34)(H,27,28,31). The van der Waals surface area contributed by atoms with Crippen LogP contribution in [0.3, 0.4) is 0 Å². The summed E-state index contributed by atoms with van der Waals surface area (Å²) >= 11 is 0. The summed E-state index contributed by atoms with van der Waals surface area (Å²) < 4.78 is 0. The number of aromatic amines is 1. The van der Waals surface area contributed by atoms with Gasteiger partial charge in [0.2, 0.25) is 5.75 Å². The van der Waals surface area contributed by atoms with Gasteiger partial charge in [0.1, 0.15) is 5.82 Å². The Balaban J connectivity index is 1.34. The zero-order valence-electron chi connectivity index (χ0n) is 18.3. The van der Waals surface area contributed by atoms with Gasteiger partial charge in [0, 0.05) is 36.9 Å². The van der Waals surface area contributed by atoms with Gasteiger partial charge in [-0.25, -0.2) is 14.6 Å². The van der Waals surface area contributed by atoms with E-state index in [9.17, 15) is 19.5 Å². The van der Waals surface area contributed by atoms with Gasteiger partial charge >= 0.3 is 12.0 Å². The molecule has 1 saturated heterocycles. The molecule has 0 spiro atoms. The number of carboxylic acids is 1. The quantitative estimate of drug-likeness (QED) is 0.377. The number of likely N-dealkylation sites (tertiary alicyclic amines) is 1. The smallest absolute Gasteiger partial charge is 0.358 e. The first-order valence-electron chi connectivity index (χ1n) is 10.9. The van der Waals surface area contributed by atoms with E-state index in [0.29, 0.717) is 11.3 Å². The Hall–Kier alpha value is -4.18. The van der Waals surface area contributed by atoms with Gasteiger partial charge < -0.3 is 25.8 Å². The lowest BCUT2D eigenvalue weighted by Gasteiger charge is -2.32. The maximum atomic E-state index is 12.5. The normalized spacial score (nSPS) is 14.5. The molecule has 0 aliphatic carbocycles. The molecule has 10 heteroatoms. The molecule has 34 heavy (non-hydrogen) atoms. The molecule has 176 valence electrons. The molecule has 0 saturated carbocycles. The lowest BCUT2D eigenvalue weighted by molar-refractivity contribution is 0.0686. The molecule has 10 nitrogen and oxygen atoms in total. The van der Waals surface area contributed by atoms with Crippen molar-refractivity contribution in [2.75, 3.05) is 18.4 Å². The fourth-order valence-corrected chi connectivity index (χ4v) is 3.93. The summed E-state index contributed by atoms with van der Waals surface area (Å²) in [4.78, 5) is 44.1. The minimum atomic E-state index is -1.52. The minimum Gasteiger partial charge on any atom is -0.501 e. The number of nitrogens with one attached hydrogen (secondary N) is 3. The van der Waals surface area contributed by atoms with E-state index < -0.39 is 23.0 Å². The van der Waals surface area contributed by atoms with Crippen LogP contribution in [0.5, 0.6) is 5.75 Å². The van der Waals surface area contributed by atoms with E-state index in [-0.39, 0.29) is 17.9 Å². The van der Waals surface area contributed by atoms with Gasteiger partial charge in [-0.2, -0.15) is 0 Å². The monoisotopic (exact) mass is 463 g/mol. The Labute approximate surface area is 195 Å². The van der Waals surface area contributed by atoms with Crippen molar-refractivity contribution in [2.45, 2.75) is 25.4 Å². The lowest BCUT2D eigenvalue weighted by atomic mass is 10.0. The molecule has 2 amide bonds.